The maximum absolute atomic E-state index is 6.32. The molecule has 4 unspecified atom stereocenters. The molecule has 100 valence electrons. The molecule has 2 nitrogen and oxygen atoms in total. The lowest BCUT2D eigenvalue weighted by atomic mass is 9.66. The van der Waals surface area contributed by atoms with E-state index in [0.717, 1.165) is 17.9 Å². The van der Waals surface area contributed by atoms with Gasteiger partial charge in [0.1, 0.15) is 0 Å². The van der Waals surface area contributed by atoms with Crippen LogP contribution >= 0.6 is 11.6 Å². The van der Waals surface area contributed by atoms with Crippen molar-refractivity contribution >= 4 is 23.5 Å². The summed E-state index contributed by atoms with van der Waals surface area (Å²) < 4.78 is 0. The maximum atomic E-state index is 6.32. The van der Waals surface area contributed by atoms with E-state index in [1.54, 1.807) is 5.57 Å². The van der Waals surface area contributed by atoms with Crippen LogP contribution in [0, 0.1) is 17.3 Å². The van der Waals surface area contributed by atoms with Crippen LogP contribution < -0.4 is 0 Å². The van der Waals surface area contributed by atoms with Crippen LogP contribution in [0.2, 0.25) is 0 Å². The zero-order valence-corrected chi connectivity index (χ0v) is 12.2. The lowest BCUT2D eigenvalue weighted by Gasteiger charge is -2.40. The largest absolute Gasteiger partial charge is 0.291 e. The summed E-state index contributed by atoms with van der Waals surface area (Å²) in [5.74, 6) is 1.08. The summed E-state index contributed by atoms with van der Waals surface area (Å²) in [6.07, 6.45) is 7.82. The van der Waals surface area contributed by atoms with Gasteiger partial charge in [0.05, 0.1) is 12.6 Å². The Labute approximate surface area is 119 Å². The summed E-state index contributed by atoms with van der Waals surface area (Å²) in [5.41, 5.74) is 4.54. The van der Waals surface area contributed by atoms with E-state index in [2.05, 4.69) is 31.1 Å². The fourth-order valence-corrected chi connectivity index (χ4v) is 4.56. The summed E-state index contributed by atoms with van der Waals surface area (Å²) in [4.78, 5) is 9.61. The molecule has 0 saturated carbocycles. The number of hydrogen-bond acceptors (Lipinski definition) is 2. The van der Waals surface area contributed by atoms with E-state index in [-0.39, 0.29) is 5.41 Å². The lowest BCUT2D eigenvalue weighted by molar-refractivity contribution is 0.306. The molecule has 2 aliphatic carbocycles. The number of hydrogen-bond donors (Lipinski definition) is 0. The normalized spacial score (nSPS) is 43.6. The van der Waals surface area contributed by atoms with Crippen LogP contribution in [0.1, 0.15) is 33.1 Å². The SMILES string of the molecule is CC1C2CC3C(=N2)CCC2=C3C=C(Cl)CN=CC21C. The molecule has 0 aromatic heterocycles. The molecule has 4 aliphatic rings. The summed E-state index contributed by atoms with van der Waals surface area (Å²) in [6.45, 7) is 5.33. The number of aliphatic imine (C=N–C) groups is 2. The van der Waals surface area contributed by atoms with E-state index in [4.69, 9.17) is 16.6 Å². The Morgan fingerprint density at radius 3 is 3.05 bits per heavy atom. The van der Waals surface area contributed by atoms with E-state index in [0.29, 0.717) is 24.4 Å². The zero-order chi connectivity index (χ0) is 13.2. The smallest absolute Gasteiger partial charge is 0.0742 e. The Bertz CT molecular complexity index is 569. The Balaban J connectivity index is 2.02. The first kappa shape index (κ1) is 11.9. The van der Waals surface area contributed by atoms with Gasteiger partial charge in [0, 0.05) is 28.3 Å². The Morgan fingerprint density at radius 1 is 1.37 bits per heavy atom. The van der Waals surface area contributed by atoms with Crippen molar-refractivity contribution in [1.29, 1.82) is 0 Å². The second-order valence-corrected chi connectivity index (χ2v) is 7.03. The van der Waals surface area contributed by atoms with Crippen LogP contribution in [0.15, 0.2) is 32.2 Å². The number of rotatable bonds is 0. The van der Waals surface area contributed by atoms with Crippen molar-refractivity contribution in [2.45, 2.75) is 39.2 Å². The highest BCUT2D eigenvalue weighted by molar-refractivity contribution is 6.30. The molecule has 19 heavy (non-hydrogen) atoms. The van der Waals surface area contributed by atoms with Crippen LogP contribution in [0.25, 0.3) is 0 Å². The summed E-state index contributed by atoms with van der Waals surface area (Å²) in [5, 5.41) is 0.866. The van der Waals surface area contributed by atoms with E-state index >= 15 is 0 Å². The van der Waals surface area contributed by atoms with Gasteiger partial charge < -0.3 is 0 Å². The molecule has 0 amide bonds. The van der Waals surface area contributed by atoms with Gasteiger partial charge in [-0.15, -0.1) is 0 Å². The molecular formula is C16H19ClN2. The molecular weight excluding hydrogens is 256 g/mol. The minimum Gasteiger partial charge on any atom is -0.291 e. The van der Waals surface area contributed by atoms with Gasteiger partial charge in [-0.3, -0.25) is 9.98 Å². The lowest BCUT2D eigenvalue weighted by Crippen LogP contribution is -2.37. The van der Waals surface area contributed by atoms with E-state index < -0.39 is 0 Å². The number of fused-ring (bicyclic) bond motifs is 1. The van der Waals surface area contributed by atoms with Crippen molar-refractivity contribution < 1.29 is 0 Å². The van der Waals surface area contributed by atoms with E-state index in [9.17, 15) is 0 Å². The first-order valence-corrected chi connectivity index (χ1v) is 7.64. The van der Waals surface area contributed by atoms with Gasteiger partial charge in [-0.2, -0.15) is 0 Å². The molecule has 0 aromatic rings. The topological polar surface area (TPSA) is 24.7 Å². The van der Waals surface area contributed by atoms with Crippen LogP contribution in [0.4, 0.5) is 0 Å². The second kappa shape index (κ2) is 3.82. The monoisotopic (exact) mass is 274 g/mol. The Hall–Kier alpha value is -0.890. The Morgan fingerprint density at radius 2 is 2.21 bits per heavy atom. The van der Waals surface area contributed by atoms with Gasteiger partial charge >= 0.3 is 0 Å². The summed E-state index contributed by atoms with van der Waals surface area (Å²) in [7, 11) is 0. The molecule has 2 heterocycles. The van der Waals surface area contributed by atoms with Crippen LogP contribution in [0.5, 0.6) is 0 Å². The highest BCUT2D eigenvalue weighted by Crippen LogP contribution is 2.53. The third kappa shape index (κ3) is 1.50. The minimum absolute atomic E-state index is 0.0677. The third-order valence-electron chi connectivity index (χ3n) is 5.65. The molecule has 0 fully saturated rings. The van der Waals surface area contributed by atoms with Gasteiger partial charge in [-0.1, -0.05) is 31.0 Å². The quantitative estimate of drug-likeness (QED) is 0.642. The predicted octanol–water partition coefficient (Wildman–Crippen LogP) is 3.77. The van der Waals surface area contributed by atoms with Crippen molar-refractivity contribution in [3.8, 4) is 0 Å². The van der Waals surface area contributed by atoms with Gasteiger partial charge in [0.15, 0.2) is 0 Å². The van der Waals surface area contributed by atoms with E-state index in [1.807, 2.05) is 0 Å². The van der Waals surface area contributed by atoms with Gasteiger partial charge in [0.2, 0.25) is 0 Å². The van der Waals surface area contributed by atoms with E-state index in [1.165, 1.54) is 17.7 Å². The molecule has 0 saturated heterocycles. The second-order valence-electron chi connectivity index (χ2n) is 6.54. The third-order valence-corrected chi connectivity index (χ3v) is 5.88. The summed E-state index contributed by atoms with van der Waals surface area (Å²) in [6, 6.07) is 0.467. The average Bonchev–Trinajstić information content (AvgIpc) is 2.77. The molecule has 2 aliphatic heterocycles. The highest BCUT2D eigenvalue weighted by atomic mass is 35.5. The molecule has 0 aromatic carbocycles. The molecule has 5 bridgehead atoms. The highest BCUT2D eigenvalue weighted by Gasteiger charge is 2.49. The molecule has 3 heteroatoms. The maximum Gasteiger partial charge on any atom is 0.0742 e. The van der Waals surface area contributed by atoms with Crippen LogP contribution in [-0.2, 0) is 0 Å². The van der Waals surface area contributed by atoms with Crippen molar-refractivity contribution in [3.05, 3.63) is 22.3 Å². The molecule has 4 atom stereocenters. The van der Waals surface area contributed by atoms with Crippen molar-refractivity contribution in [1.82, 2.24) is 0 Å². The van der Waals surface area contributed by atoms with Crippen molar-refractivity contribution in [2.24, 2.45) is 27.2 Å². The van der Waals surface area contributed by atoms with Crippen LogP contribution in [-0.4, -0.2) is 24.5 Å². The van der Waals surface area contributed by atoms with Gasteiger partial charge in [0.25, 0.3) is 0 Å². The Kier molecular flexibility index (Phi) is 2.39. The fourth-order valence-electron chi connectivity index (χ4n) is 4.38. The van der Waals surface area contributed by atoms with Crippen molar-refractivity contribution in [2.75, 3.05) is 6.54 Å². The molecule has 0 radical (unpaired) electrons. The number of allylic oxidation sites excluding steroid dienone is 3. The first-order valence-electron chi connectivity index (χ1n) is 7.27. The van der Waals surface area contributed by atoms with Gasteiger partial charge in [-0.05, 0) is 36.8 Å². The molecule has 4 rings (SSSR count). The van der Waals surface area contributed by atoms with Crippen LogP contribution in [0.3, 0.4) is 0 Å². The fraction of sp³-hybridized carbons (Fsp3) is 0.625. The number of nitrogens with zero attached hydrogens (tertiary/aromatic N) is 2. The molecule has 0 N–H and O–H groups in total. The van der Waals surface area contributed by atoms with Gasteiger partial charge in [-0.25, -0.2) is 0 Å². The number of halogens is 1. The summed E-state index contributed by atoms with van der Waals surface area (Å²) >= 11 is 6.32. The minimum atomic E-state index is 0.0677. The predicted molar refractivity (Wildman–Crippen MR) is 80.2 cm³/mol. The van der Waals surface area contributed by atoms with Crippen molar-refractivity contribution in [3.63, 3.8) is 0 Å². The molecule has 0 spiro atoms. The average molecular weight is 275 g/mol. The standard InChI is InChI=1S/C16H19ClN2/c1-9-15-6-12-11-5-10(17)7-18-8-16(9,2)13(11)3-4-14(12)19-15/h5,8-9,12,15H,3-4,6-7H2,1-2H3. The first-order chi connectivity index (χ1) is 9.09. The zero-order valence-electron chi connectivity index (χ0n) is 11.5.